The maximum atomic E-state index is 12.7. The van der Waals surface area contributed by atoms with Crippen molar-refractivity contribution in [3.8, 4) is 0 Å². The number of nitrogens with one attached hydrogen (secondary N) is 2. The number of carbonyl (C=O) groups excluding carboxylic acids is 3. The lowest BCUT2D eigenvalue weighted by Crippen LogP contribution is -2.43. The summed E-state index contributed by atoms with van der Waals surface area (Å²) in [6.07, 6.45) is 2.26. The van der Waals surface area contributed by atoms with Gasteiger partial charge in [-0.3, -0.25) is 4.79 Å². The third-order valence-corrected chi connectivity index (χ3v) is 6.67. The summed E-state index contributed by atoms with van der Waals surface area (Å²) in [6, 6.07) is 26.9. The fraction of sp³-hybridized carbons (Fsp3) is 0.281. The average Bonchev–Trinajstić information content (AvgIpc) is 2.97. The van der Waals surface area contributed by atoms with E-state index in [1.165, 1.54) is 7.11 Å². The molecule has 0 aliphatic heterocycles. The van der Waals surface area contributed by atoms with Crippen LogP contribution in [-0.2, 0) is 32.1 Å². The van der Waals surface area contributed by atoms with Crippen molar-refractivity contribution in [1.29, 1.82) is 0 Å². The summed E-state index contributed by atoms with van der Waals surface area (Å²) >= 11 is 0. The first-order chi connectivity index (χ1) is 19.0. The molecule has 0 saturated carbocycles. The second-order valence-corrected chi connectivity index (χ2v) is 9.44. The first-order valence-electron chi connectivity index (χ1n) is 13.3. The first-order valence-corrected chi connectivity index (χ1v) is 13.3. The van der Waals surface area contributed by atoms with Gasteiger partial charge in [0.15, 0.2) is 0 Å². The largest absolute Gasteiger partial charge is 0.467 e. The molecule has 4 aromatic rings. The lowest BCUT2D eigenvalue weighted by molar-refractivity contribution is -0.145. The molecule has 0 aromatic heterocycles. The number of unbranched alkanes of at least 4 members (excludes halogenated alkanes) is 2. The van der Waals surface area contributed by atoms with E-state index in [9.17, 15) is 14.4 Å². The van der Waals surface area contributed by atoms with E-state index in [0.29, 0.717) is 19.4 Å². The molecular weight excluding hydrogens is 492 g/mol. The molecule has 2 amide bonds. The van der Waals surface area contributed by atoms with E-state index < -0.39 is 18.1 Å². The van der Waals surface area contributed by atoms with Crippen LogP contribution in [0.25, 0.3) is 21.5 Å². The number of carbonyl (C=O) groups is 3. The minimum absolute atomic E-state index is 0.204. The zero-order chi connectivity index (χ0) is 27.5. The van der Waals surface area contributed by atoms with Crippen LogP contribution in [0.15, 0.2) is 84.9 Å². The molecule has 2 N–H and O–H groups in total. The third kappa shape index (κ3) is 7.80. The summed E-state index contributed by atoms with van der Waals surface area (Å²) in [5.74, 6) is -0.677. The van der Waals surface area contributed by atoms with Crippen molar-refractivity contribution in [1.82, 2.24) is 10.6 Å². The monoisotopic (exact) mass is 526 g/mol. The molecule has 0 heterocycles. The Kier molecular flexibility index (Phi) is 9.89. The van der Waals surface area contributed by atoms with Crippen LogP contribution >= 0.6 is 0 Å². The maximum Gasteiger partial charge on any atom is 0.407 e. The molecule has 0 saturated heterocycles. The zero-order valence-corrected chi connectivity index (χ0v) is 22.2. The van der Waals surface area contributed by atoms with Crippen LogP contribution in [0.1, 0.15) is 36.8 Å². The highest BCUT2D eigenvalue weighted by Gasteiger charge is 2.24. The van der Waals surface area contributed by atoms with E-state index in [1.807, 2.05) is 66.7 Å². The normalized spacial score (nSPS) is 11.6. The molecule has 7 heteroatoms. The van der Waals surface area contributed by atoms with Gasteiger partial charge in [0.2, 0.25) is 5.91 Å². The molecular formula is C32H34N2O5. The van der Waals surface area contributed by atoms with Crippen molar-refractivity contribution >= 4 is 39.5 Å². The van der Waals surface area contributed by atoms with E-state index in [-0.39, 0.29) is 18.9 Å². The molecule has 0 bridgehead atoms. The highest BCUT2D eigenvalue weighted by Crippen LogP contribution is 2.29. The number of benzene rings is 4. The van der Waals surface area contributed by atoms with Crippen LogP contribution in [0.3, 0.4) is 0 Å². The summed E-state index contributed by atoms with van der Waals surface area (Å²) in [5, 5.41) is 9.88. The molecule has 1 atom stereocenters. The van der Waals surface area contributed by atoms with Crippen molar-refractivity contribution in [2.24, 2.45) is 0 Å². The summed E-state index contributed by atoms with van der Waals surface area (Å²) in [6.45, 7) is 0.691. The molecule has 39 heavy (non-hydrogen) atoms. The van der Waals surface area contributed by atoms with Crippen LogP contribution in [0.5, 0.6) is 0 Å². The van der Waals surface area contributed by atoms with Crippen LogP contribution < -0.4 is 10.6 Å². The highest BCUT2D eigenvalue weighted by atomic mass is 16.5. The van der Waals surface area contributed by atoms with Crippen LogP contribution in [0.4, 0.5) is 4.79 Å². The van der Waals surface area contributed by atoms with E-state index in [4.69, 9.17) is 9.47 Å². The summed E-state index contributed by atoms with van der Waals surface area (Å²) in [7, 11) is 1.33. The van der Waals surface area contributed by atoms with E-state index in [0.717, 1.165) is 45.5 Å². The molecule has 4 aromatic carbocycles. The van der Waals surface area contributed by atoms with Gasteiger partial charge in [-0.25, -0.2) is 9.59 Å². The second kappa shape index (κ2) is 14.0. The lowest BCUT2D eigenvalue weighted by Gasteiger charge is -2.19. The minimum Gasteiger partial charge on any atom is -0.467 e. The molecule has 0 aliphatic rings. The van der Waals surface area contributed by atoms with Gasteiger partial charge in [0.1, 0.15) is 12.6 Å². The SMILES string of the molecule is COC(=O)[C@@H](Cc1c2ccccc2cc2ccccc12)NC(=O)CCCCCNC(=O)OCc1ccccc1. The Hall–Kier alpha value is -4.39. The fourth-order valence-electron chi connectivity index (χ4n) is 4.69. The quantitative estimate of drug-likeness (QED) is 0.141. The van der Waals surface area contributed by atoms with Gasteiger partial charge < -0.3 is 20.1 Å². The Morgan fingerprint density at radius 2 is 1.44 bits per heavy atom. The van der Waals surface area contributed by atoms with Crippen molar-refractivity contribution in [2.75, 3.05) is 13.7 Å². The van der Waals surface area contributed by atoms with Gasteiger partial charge in [-0.1, -0.05) is 85.3 Å². The Morgan fingerprint density at radius 1 is 0.795 bits per heavy atom. The summed E-state index contributed by atoms with van der Waals surface area (Å²) in [5.41, 5.74) is 1.93. The smallest absolute Gasteiger partial charge is 0.407 e. The molecule has 4 rings (SSSR count). The number of ether oxygens (including phenoxy) is 2. The maximum absolute atomic E-state index is 12.7. The van der Waals surface area contributed by atoms with Gasteiger partial charge >= 0.3 is 12.1 Å². The second-order valence-electron chi connectivity index (χ2n) is 9.44. The molecule has 7 nitrogen and oxygen atoms in total. The van der Waals surface area contributed by atoms with E-state index >= 15 is 0 Å². The van der Waals surface area contributed by atoms with E-state index in [2.05, 4.69) is 28.8 Å². The number of hydrogen-bond donors (Lipinski definition) is 2. The lowest BCUT2D eigenvalue weighted by atomic mass is 9.92. The Morgan fingerprint density at radius 3 is 2.10 bits per heavy atom. The average molecular weight is 527 g/mol. The van der Waals surface area contributed by atoms with Gasteiger partial charge in [-0.15, -0.1) is 0 Å². The Balaban J connectivity index is 1.26. The van der Waals surface area contributed by atoms with E-state index in [1.54, 1.807) is 0 Å². The standard InChI is InChI=1S/C32H34N2O5/c1-38-31(36)29(21-28-26-16-9-7-14-24(26)20-25-15-8-10-17-27(25)28)34-30(35)18-6-3-11-19-33-32(37)39-22-23-12-4-2-5-13-23/h2,4-5,7-10,12-17,20,29H,3,6,11,18-19,21-22H2,1H3,(H,33,37)(H,34,35)/t29-/m1/s1. The van der Waals surface area contributed by atoms with Crippen molar-refractivity contribution < 1.29 is 23.9 Å². The van der Waals surface area contributed by atoms with Crippen LogP contribution in [-0.4, -0.2) is 37.7 Å². The molecule has 202 valence electrons. The number of esters is 1. The molecule has 0 spiro atoms. The summed E-state index contributed by atoms with van der Waals surface area (Å²) < 4.78 is 10.2. The number of fused-ring (bicyclic) bond motifs is 2. The van der Waals surface area contributed by atoms with Crippen LogP contribution in [0, 0.1) is 0 Å². The van der Waals surface area contributed by atoms with Crippen molar-refractivity contribution in [2.45, 2.75) is 44.8 Å². The van der Waals surface area contributed by atoms with Gasteiger partial charge in [0, 0.05) is 19.4 Å². The number of amides is 2. The Bertz CT molecular complexity index is 1370. The van der Waals surface area contributed by atoms with Gasteiger partial charge in [0.25, 0.3) is 0 Å². The topological polar surface area (TPSA) is 93.7 Å². The Labute approximate surface area is 228 Å². The molecule has 0 fully saturated rings. The van der Waals surface area contributed by atoms with Crippen molar-refractivity contribution in [3.05, 3.63) is 96.1 Å². The molecule has 0 unspecified atom stereocenters. The molecule has 0 aliphatic carbocycles. The van der Waals surface area contributed by atoms with Crippen LogP contribution in [0.2, 0.25) is 0 Å². The minimum atomic E-state index is -0.794. The van der Waals surface area contributed by atoms with Gasteiger partial charge in [-0.05, 0) is 51.6 Å². The summed E-state index contributed by atoms with van der Waals surface area (Å²) in [4.78, 5) is 37.2. The zero-order valence-electron chi connectivity index (χ0n) is 22.2. The number of hydrogen-bond acceptors (Lipinski definition) is 5. The highest BCUT2D eigenvalue weighted by molar-refractivity contribution is 6.02. The first kappa shape index (κ1) is 27.6. The van der Waals surface area contributed by atoms with Crippen molar-refractivity contribution in [3.63, 3.8) is 0 Å². The molecule has 0 radical (unpaired) electrons. The van der Waals surface area contributed by atoms with Gasteiger partial charge in [0.05, 0.1) is 7.11 Å². The predicted molar refractivity (Wildman–Crippen MR) is 152 cm³/mol. The number of methoxy groups -OCH3 is 1. The predicted octanol–water partition coefficient (Wildman–Crippen LogP) is 5.68. The third-order valence-electron chi connectivity index (χ3n) is 6.67. The number of alkyl carbamates (subject to hydrolysis) is 1. The fourth-order valence-corrected chi connectivity index (χ4v) is 4.69. The number of rotatable bonds is 12. The van der Waals surface area contributed by atoms with Gasteiger partial charge in [-0.2, -0.15) is 0 Å².